The van der Waals surface area contributed by atoms with Crippen LogP contribution in [-0.4, -0.2) is 20.4 Å². The number of hydrogen-bond acceptors (Lipinski definition) is 3. The minimum Gasteiger partial charge on any atom is -0.346 e. The molecule has 1 fully saturated rings. The van der Waals surface area contributed by atoms with Gasteiger partial charge in [0.1, 0.15) is 5.82 Å². The van der Waals surface area contributed by atoms with Gasteiger partial charge in [-0.2, -0.15) is 0 Å². The van der Waals surface area contributed by atoms with Gasteiger partial charge in [0.05, 0.1) is 10.9 Å². The summed E-state index contributed by atoms with van der Waals surface area (Å²) >= 11 is 0. The highest BCUT2D eigenvalue weighted by molar-refractivity contribution is 7.89. The minimum absolute atomic E-state index is 0.000908. The maximum Gasteiger partial charge on any atom is 0.251 e. The molecular formula is C18H19FN2O3S. The van der Waals surface area contributed by atoms with Crippen LogP contribution in [0.4, 0.5) is 4.39 Å². The average molecular weight is 362 g/mol. The first-order chi connectivity index (χ1) is 11.8. The molecule has 0 aliphatic heterocycles. The van der Waals surface area contributed by atoms with Gasteiger partial charge in [0.2, 0.25) is 10.0 Å². The number of halogens is 1. The number of benzene rings is 2. The molecule has 2 aromatic rings. The van der Waals surface area contributed by atoms with Crippen molar-refractivity contribution in [3.8, 4) is 0 Å². The van der Waals surface area contributed by atoms with Crippen molar-refractivity contribution in [2.24, 2.45) is 0 Å². The first kappa shape index (κ1) is 17.6. The Morgan fingerprint density at radius 1 is 1.16 bits per heavy atom. The summed E-state index contributed by atoms with van der Waals surface area (Å²) in [7, 11) is -3.61. The van der Waals surface area contributed by atoms with Crippen molar-refractivity contribution in [3.63, 3.8) is 0 Å². The van der Waals surface area contributed by atoms with Crippen LogP contribution in [0.2, 0.25) is 0 Å². The fourth-order valence-electron chi connectivity index (χ4n) is 2.41. The van der Waals surface area contributed by atoms with Crippen molar-refractivity contribution in [3.05, 3.63) is 65.5 Å². The van der Waals surface area contributed by atoms with Gasteiger partial charge in [-0.3, -0.25) is 4.79 Å². The van der Waals surface area contributed by atoms with Crippen LogP contribution >= 0.6 is 0 Å². The molecule has 0 bridgehead atoms. The fourth-order valence-corrected chi connectivity index (χ4v) is 3.76. The van der Waals surface area contributed by atoms with Crippen LogP contribution in [0.3, 0.4) is 0 Å². The van der Waals surface area contributed by atoms with E-state index in [1.807, 2.05) is 0 Å². The number of amides is 1. The second kappa shape index (κ2) is 6.93. The molecule has 1 unspecified atom stereocenters. The standard InChI is InChI=1S/C18H19FN2O3S/c1-12(13-5-7-15(19)8-6-13)20-18(22)14-3-2-4-17(11-14)25(23,24)21-16-9-10-16/h2-8,11-12,16,21H,9-10H2,1H3,(H,20,22). The number of hydrogen-bond donors (Lipinski definition) is 2. The van der Waals surface area contributed by atoms with E-state index in [1.165, 1.54) is 24.3 Å². The summed E-state index contributed by atoms with van der Waals surface area (Å²) in [5.74, 6) is -0.733. The van der Waals surface area contributed by atoms with E-state index >= 15 is 0 Å². The van der Waals surface area contributed by atoms with Crippen LogP contribution in [0.5, 0.6) is 0 Å². The largest absolute Gasteiger partial charge is 0.346 e. The number of nitrogens with one attached hydrogen (secondary N) is 2. The summed E-state index contributed by atoms with van der Waals surface area (Å²) in [6, 6.07) is 11.4. The Kier molecular flexibility index (Phi) is 4.87. The predicted octanol–water partition coefficient (Wildman–Crippen LogP) is 2.76. The summed E-state index contributed by atoms with van der Waals surface area (Å²) in [6.07, 6.45) is 1.68. The molecule has 7 heteroatoms. The zero-order valence-corrected chi connectivity index (χ0v) is 14.5. The van der Waals surface area contributed by atoms with Crippen LogP contribution in [0.25, 0.3) is 0 Å². The zero-order chi connectivity index (χ0) is 18.0. The molecule has 5 nitrogen and oxygen atoms in total. The van der Waals surface area contributed by atoms with Crippen molar-refractivity contribution >= 4 is 15.9 Å². The number of carbonyl (C=O) groups is 1. The van der Waals surface area contributed by atoms with Gasteiger partial charge in [0.25, 0.3) is 5.91 Å². The molecular weight excluding hydrogens is 343 g/mol. The summed E-state index contributed by atoms with van der Waals surface area (Å²) in [6.45, 7) is 1.78. The van der Waals surface area contributed by atoms with E-state index in [0.29, 0.717) is 0 Å². The van der Waals surface area contributed by atoms with E-state index in [1.54, 1.807) is 31.2 Å². The Hall–Kier alpha value is -2.25. The monoisotopic (exact) mass is 362 g/mol. The van der Waals surface area contributed by atoms with Crippen LogP contribution < -0.4 is 10.0 Å². The molecule has 1 aliphatic carbocycles. The van der Waals surface area contributed by atoms with E-state index in [4.69, 9.17) is 0 Å². The molecule has 1 amide bonds. The van der Waals surface area contributed by atoms with Crippen molar-refractivity contribution < 1.29 is 17.6 Å². The van der Waals surface area contributed by atoms with E-state index in [2.05, 4.69) is 10.0 Å². The Labute approximate surface area is 146 Å². The highest BCUT2D eigenvalue weighted by atomic mass is 32.2. The predicted molar refractivity (Wildman–Crippen MR) is 92.1 cm³/mol. The third kappa shape index (κ3) is 4.43. The lowest BCUT2D eigenvalue weighted by atomic mass is 10.1. The molecule has 0 heterocycles. The molecule has 1 aliphatic rings. The van der Waals surface area contributed by atoms with Gasteiger partial charge in [0.15, 0.2) is 0 Å². The molecule has 0 spiro atoms. The first-order valence-electron chi connectivity index (χ1n) is 8.04. The lowest BCUT2D eigenvalue weighted by molar-refractivity contribution is 0.0939. The zero-order valence-electron chi connectivity index (χ0n) is 13.7. The summed E-state index contributed by atoms with van der Waals surface area (Å²) in [5, 5.41) is 2.79. The third-order valence-corrected chi connectivity index (χ3v) is 5.54. The quantitative estimate of drug-likeness (QED) is 0.830. The van der Waals surface area contributed by atoms with Gasteiger partial charge in [-0.25, -0.2) is 17.5 Å². The second-order valence-electron chi connectivity index (χ2n) is 6.17. The van der Waals surface area contributed by atoms with Gasteiger partial charge >= 0.3 is 0 Å². The van der Waals surface area contributed by atoms with Gasteiger partial charge in [-0.15, -0.1) is 0 Å². The van der Waals surface area contributed by atoms with E-state index < -0.39 is 10.0 Å². The van der Waals surface area contributed by atoms with Gasteiger partial charge < -0.3 is 5.32 Å². The molecule has 0 aromatic heterocycles. The van der Waals surface area contributed by atoms with Crippen molar-refractivity contribution in [1.29, 1.82) is 0 Å². The fraction of sp³-hybridized carbons (Fsp3) is 0.278. The Balaban J connectivity index is 1.73. The lowest BCUT2D eigenvalue weighted by Crippen LogP contribution is -2.28. The Morgan fingerprint density at radius 3 is 2.48 bits per heavy atom. The highest BCUT2D eigenvalue weighted by Gasteiger charge is 2.28. The molecule has 132 valence electrons. The average Bonchev–Trinajstić information content (AvgIpc) is 3.39. The Morgan fingerprint density at radius 2 is 1.84 bits per heavy atom. The SMILES string of the molecule is CC(NC(=O)c1cccc(S(=O)(=O)NC2CC2)c1)c1ccc(F)cc1. The molecule has 1 saturated carbocycles. The number of carbonyl (C=O) groups excluding carboxylic acids is 1. The molecule has 25 heavy (non-hydrogen) atoms. The highest BCUT2D eigenvalue weighted by Crippen LogP contribution is 2.22. The maximum absolute atomic E-state index is 13.0. The van der Waals surface area contributed by atoms with Crippen molar-refractivity contribution in [1.82, 2.24) is 10.0 Å². The van der Waals surface area contributed by atoms with Crippen LogP contribution in [-0.2, 0) is 10.0 Å². The molecule has 2 aromatic carbocycles. The molecule has 0 radical (unpaired) electrons. The molecule has 1 atom stereocenters. The van der Waals surface area contributed by atoms with E-state index in [9.17, 15) is 17.6 Å². The first-order valence-corrected chi connectivity index (χ1v) is 9.52. The number of rotatable bonds is 6. The van der Waals surface area contributed by atoms with Gasteiger partial charge in [-0.05, 0) is 55.7 Å². The summed E-state index contributed by atoms with van der Waals surface area (Å²) < 4.78 is 40.1. The Bertz CT molecular complexity index is 877. The minimum atomic E-state index is -3.61. The van der Waals surface area contributed by atoms with Crippen LogP contribution in [0, 0.1) is 5.82 Å². The van der Waals surface area contributed by atoms with Gasteiger partial charge in [0, 0.05) is 11.6 Å². The van der Waals surface area contributed by atoms with Crippen LogP contribution in [0.1, 0.15) is 41.7 Å². The lowest BCUT2D eigenvalue weighted by Gasteiger charge is -2.15. The number of sulfonamides is 1. The van der Waals surface area contributed by atoms with Crippen molar-refractivity contribution in [2.75, 3.05) is 0 Å². The van der Waals surface area contributed by atoms with Crippen molar-refractivity contribution in [2.45, 2.75) is 36.7 Å². The van der Waals surface area contributed by atoms with Gasteiger partial charge in [-0.1, -0.05) is 18.2 Å². The summed E-state index contributed by atoms with van der Waals surface area (Å²) in [5.41, 5.74) is 1.02. The normalized spacial score (nSPS) is 15.6. The van der Waals surface area contributed by atoms with E-state index in [-0.39, 0.29) is 34.3 Å². The topological polar surface area (TPSA) is 75.3 Å². The van der Waals surface area contributed by atoms with E-state index in [0.717, 1.165) is 18.4 Å². The second-order valence-corrected chi connectivity index (χ2v) is 7.88. The smallest absolute Gasteiger partial charge is 0.251 e. The van der Waals surface area contributed by atoms with Crippen LogP contribution in [0.15, 0.2) is 53.4 Å². The summed E-state index contributed by atoms with van der Waals surface area (Å²) in [4.78, 5) is 12.5. The molecule has 3 rings (SSSR count). The third-order valence-electron chi connectivity index (χ3n) is 4.02. The maximum atomic E-state index is 13.0. The molecule has 2 N–H and O–H groups in total. The molecule has 0 saturated heterocycles.